The van der Waals surface area contributed by atoms with Gasteiger partial charge in [0, 0.05) is 23.7 Å². The number of fused-ring (bicyclic) bond motifs is 1. The number of hydrogen-bond donors (Lipinski definition) is 3. The lowest BCUT2D eigenvalue weighted by Crippen LogP contribution is -2.71. The van der Waals surface area contributed by atoms with Crippen molar-refractivity contribution in [1.82, 2.24) is 15.2 Å². The Balaban J connectivity index is 1.54. The largest absolute Gasteiger partial charge is 0.508 e. The van der Waals surface area contributed by atoms with Gasteiger partial charge in [-0.05, 0) is 29.3 Å². The van der Waals surface area contributed by atoms with Crippen LogP contribution < -0.4 is 5.32 Å². The highest BCUT2D eigenvalue weighted by atomic mass is 32.2. The van der Waals surface area contributed by atoms with Gasteiger partial charge >= 0.3 is 5.97 Å². The fourth-order valence-electron chi connectivity index (χ4n) is 3.62. The van der Waals surface area contributed by atoms with Crippen molar-refractivity contribution in [3.05, 3.63) is 77.3 Å². The lowest BCUT2D eigenvalue weighted by atomic mass is 10.0. The number of allylic oxidation sites excluding steroid dienone is 1. The number of carbonyl (C=O) groups excluding carboxylic acids is 2. The zero-order valence-electron chi connectivity index (χ0n) is 17.9. The van der Waals surface area contributed by atoms with E-state index in [0.717, 1.165) is 5.56 Å². The van der Waals surface area contributed by atoms with Crippen molar-refractivity contribution in [3.8, 4) is 5.75 Å². The van der Waals surface area contributed by atoms with E-state index < -0.39 is 29.2 Å². The van der Waals surface area contributed by atoms with Gasteiger partial charge in [-0.3, -0.25) is 19.5 Å². The van der Waals surface area contributed by atoms with E-state index in [2.05, 4.69) is 15.5 Å². The van der Waals surface area contributed by atoms with Gasteiger partial charge in [0.1, 0.15) is 30.0 Å². The van der Waals surface area contributed by atoms with E-state index >= 15 is 0 Å². The first-order chi connectivity index (χ1) is 16.4. The molecule has 1 fully saturated rings. The molecule has 1 saturated heterocycles. The molecule has 0 spiro atoms. The average molecular weight is 481 g/mol. The molecule has 3 N–H and O–H groups in total. The Morgan fingerprint density at radius 3 is 2.79 bits per heavy atom. The topological polar surface area (TPSA) is 141 Å². The van der Waals surface area contributed by atoms with Crippen LogP contribution in [-0.4, -0.2) is 67.9 Å². The molecule has 2 aliphatic heterocycles. The van der Waals surface area contributed by atoms with Crippen LogP contribution in [0, 0.1) is 0 Å². The van der Waals surface area contributed by atoms with E-state index in [0.29, 0.717) is 16.9 Å². The molecule has 10 nitrogen and oxygen atoms in total. The number of nitrogens with zero attached hydrogens (tertiary/aromatic N) is 3. The number of pyridine rings is 1. The number of thioether (sulfide) groups is 1. The summed E-state index contributed by atoms with van der Waals surface area (Å²) in [5, 5.41) is 25.3. The number of phenols is 1. The van der Waals surface area contributed by atoms with Gasteiger partial charge in [-0.2, -0.15) is 0 Å². The molecule has 3 heterocycles. The SMILES string of the molecule is CON=C(C(=O)NC1C(=O)N2C(C(=O)O)=C(C=Cc3cccnc3)CS[C@@H]12)c1cccc(O)c1. The second-order valence-electron chi connectivity index (χ2n) is 7.33. The van der Waals surface area contributed by atoms with E-state index in [-0.39, 0.29) is 17.2 Å². The summed E-state index contributed by atoms with van der Waals surface area (Å²) >= 11 is 1.35. The van der Waals surface area contributed by atoms with Crippen molar-refractivity contribution < 1.29 is 29.4 Å². The fourth-order valence-corrected chi connectivity index (χ4v) is 4.94. The Hall–Kier alpha value is -4.12. The van der Waals surface area contributed by atoms with Crippen LogP contribution in [0.15, 0.2) is 71.3 Å². The number of oxime groups is 1. The van der Waals surface area contributed by atoms with E-state index in [4.69, 9.17) is 4.84 Å². The summed E-state index contributed by atoms with van der Waals surface area (Å²) in [4.78, 5) is 47.7. The van der Waals surface area contributed by atoms with Crippen LogP contribution in [0.2, 0.25) is 0 Å². The van der Waals surface area contributed by atoms with E-state index in [1.165, 1.54) is 35.9 Å². The summed E-state index contributed by atoms with van der Waals surface area (Å²) in [5.41, 5.74) is 1.34. The number of carboxylic acids is 1. The highest BCUT2D eigenvalue weighted by Crippen LogP contribution is 2.40. The Labute approximate surface area is 198 Å². The molecule has 4 rings (SSSR count). The molecule has 2 aliphatic rings. The maximum atomic E-state index is 12.9. The van der Waals surface area contributed by atoms with E-state index in [9.17, 15) is 24.6 Å². The third-order valence-corrected chi connectivity index (χ3v) is 6.47. The zero-order chi connectivity index (χ0) is 24.2. The van der Waals surface area contributed by atoms with Crippen LogP contribution in [0.25, 0.3) is 6.08 Å². The summed E-state index contributed by atoms with van der Waals surface area (Å²) in [5.74, 6) is -2.18. The first-order valence-electron chi connectivity index (χ1n) is 10.1. The third-order valence-electron chi connectivity index (χ3n) is 5.17. The van der Waals surface area contributed by atoms with Gasteiger partial charge in [0.25, 0.3) is 11.8 Å². The molecule has 0 radical (unpaired) electrons. The predicted octanol–water partition coefficient (Wildman–Crippen LogP) is 1.59. The van der Waals surface area contributed by atoms with Crippen LogP contribution in [0.1, 0.15) is 11.1 Å². The average Bonchev–Trinajstić information content (AvgIpc) is 2.84. The summed E-state index contributed by atoms with van der Waals surface area (Å²) in [7, 11) is 1.27. The molecular formula is C23H20N4O6S. The summed E-state index contributed by atoms with van der Waals surface area (Å²) in [6, 6.07) is 8.55. The Kier molecular flexibility index (Phi) is 6.64. The summed E-state index contributed by atoms with van der Waals surface area (Å²) in [6.45, 7) is 0. The highest BCUT2D eigenvalue weighted by Gasteiger charge is 2.54. The van der Waals surface area contributed by atoms with E-state index in [1.54, 1.807) is 42.7 Å². The van der Waals surface area contributed by atoms with Gasteiger partial charge in [-0.1, -0.05) is 35.5 Å². The van der Waals surface area contributed by atoms with Gasteiger partial charge in [0.2, 0.25) is 0 Å². The number of hydrogen-bond acceptors (Lipinski definition) is 8. The number of aromatic hydroxyl groups is 1. The maximum absolute atomic E-state index is 12.9. The van der Waals surface area contributed by atoms with E-state index in [1.807, 2.05) is 6.07 Å². The molecule has 11 heteroatoms. The highest BCUT2D eigenvalue weighted by molar-refractivity contribution is 8.00. The molecule has 0 aliphatic carbocycles. The second-order valence-corrected chi connectivity index (χ2v) is 8.44. The number of amides is 2. The second kappa shape index (κ2) is 9.79. The van der Waals surface area contributed by atoms with Crippen LogP contribution in [0.4, 0.5) is 0 Å². The number of rotatable bonds is 7. The van der Waals surface area contributed by atoms with Crippen molar-refractivity contribution in [2.75, 3.05) is 12.9 Å². The fraction of sp³-hybridized carbons (Fsp3) is 0.174. The van der Waals surface area contributed by atoms with Crippen LogP contribution in [0.3, 0.4) is 0 Å². The monoisotopic (exact) mass is 480 g/mol. The van der Waals surface area contributed by atoms with Gasteiger partial charge in [0.05, 0.1) is 0 Å². The van der Waals surface area contributed by atoms with Crippen molar-refractivity contribution in [2.24, 2.45) is 5.16 Å². The van der Waals surface area contributed by atoms with Crippen molar-refractivity contribution >= 4 is 41.3 Å². The Morgan fingerprint density at radius 2 is 2.12 bits per heavy atom. The molecule has 2 amide bonds. The number of carboxylic acid groups (broad SMARTS) is 1. The standard InChI is InChI=1S/C23H20N4O6S/c1-33-26-17(14-5-2-6-16(28)10-14)20(29)25-18-21(30)27-19(23(31)32)15(12-34-22(18)27)8-7-13-4-3-9-24-11-13/h2-11,18,22,28H,12H2,1H3,(H,25,29)(H,31,32)/t18?,22-/m0/s1. The summed E-state index contributed by atoms with van der Waals surface area (Å²) in [6.07, 6.45) is 6.67. The molecule has 34 heavy (non-hydrogen) atoms. The van der Waals surface area contributed by atoms with Gasteiger partial charge < -0.3 is 20.4 Å². The summed E-state index contributed by atoms with van der Waals surface area (Å²) < 4.78 is 0. The Morgan fingerprint density at radius 1 is 1.29 bits per heavy atom. The van der Waals surface area contributed by atoms with Crippen LogP contribution >= 0.6 is 11.8 Å². The quantitative estimate of drug-likeness (QED) is 0.308. The number of phenolic OH excluding ortho intramolecular Hbond substituents is 1. The molecular weight excluding hydrogens is 460 g/mol. The number of β-lactam (4-membered cyclic amide) rings is 1. The lowest BCUT2D eigenvalue weighted by molar-refractivity contribution is -0.150. The molecule has 2 atom stereocenters. The third kappa shape index (κ3) is 4.50. The molecule has 1 aromatic carbocycles. The van der Waals surface area contributed by atoms with Crippen molar-refractivity contribution in [2.45, 2.75) is 11.4 Å². The minimum atomic E-state index is -1.23. The van der Waals surface area contributed by atoms with Gasteiger partial charge in [0.15, 0.2) is 5.71 Å². The Bertz CT molecular complexity index is 1230. The first kappa shape index (κ1) is 23.1. The van der Waals surface area contributed by atoms with Gasteiger partial charge in [-0.25, -0.2) is 4.79 Å². The maximum Gasteiger partial charge on any atom is 0.352 e. The minimum Gasteiger partial charge on any atom is -0.508 e. The molecule has 0 bridgehead atoms. The van der Waals surface area contributed by atoms with Crippen LogP contribution in [0.5, 0.6) is 5.75 Å². The minimum absolute atomic E-state index is 0.0639. The number of carbonyl (C=O) groups is 3. The molecule has 1 aromatic heterocycles. The number of aliphatic carboxylic acids is 1. The van der Waals surface area contributed by atoms with Crippen molar-refractivity contribution in [1.29, 1.82) is 0 Å². The lowest BCUT2D eigenvalue weighted by Gasteiger charge is -2.49. The molecule has 174 valence electrons. The molecule has 2 aromatic rings. The smallest absolute Gasteiger partial charge is 0.352 e. The van der Waals surface area contributed by atoms with Crippen LogP contribution in [-0.2, 0) is 19.2 Å². The van der Waals surface area contributed by atoms with Gasteiger partial charge in [-0.15, -0.1) is 11.8 Å². The first-order valence-corrected chi connectivity index (χ1v) is 11.2. The number of benzene rings is 1. The van der Waals surface area contributed by atoms with Crippen molar-refractivity contribution in [3.63, 3.8) is 0 Å². The molecule has 0 saturated carbocycles. The number of aromatic nitrogens is 1. The normalized spacial score (nSPS) is 20.1. The predicted molar refractivity (Wildman–Crippen MR) is 125 cm³/mol. The molecule has 1 unspecified atom stereocenters. The zero-order valence-corrected chi connectivity index (χ0v) is 18.7. The number of nitrogens with one attached hydrogen (secondary N) is 1.